The van der Waals surface area contributed by atoms with Crippen LogP contribution >= 0.6 is 0 Å². The maximum absolute atomic E-state index is 5.85. The summed E-state index contributed by atoms with van der Waals surface area (Å²) in [5.74, 6) is 1.11. The Bertz CT molecular complexity index is 440. The van der Waals surface area contributed by atoms with Gasteiger partial charge in [0.1, 0.15) is 5.82 Å². The van der Waals surface area contributed by atoms with Crippen molar-refractivity contribution in [2.45, 2.75) is 38.8 Å². The van der Waals surface area contributed by atoms with Gasteiger partial charge < -0.3 is 10.6 Å². The van der Waals surface area contributed by atoms with Gasteiger partial charge in [-0.05, 0) is 45.3 Å². The number of rotatable bonds is 3. The molecule has 0 spiro atoms. The summed E-state index contributed by atoms with van der Waals surface area (Å²) in [6.07, 6.45) is 4.00. The fraction of sp³-hybridized carbons (Fsp3) is 0.667. The quantitative estimate of drug-likeness (QED) is 0.895. The summed E-state index contributed by atoms with van der Waals surface area (Å²) >= 11 is 0. The standard InChI is InChI=1S/C15H24N4/c1-12-4-5-13(10-16)15(17-12)19-9-6-14(11-19)18-7-2-3-8-18/h4-5,14H,2-3,6-11,16H2,1H3. The number of anilines is 1. The van der Waals surface area contributed by atoms with E-state index >= 15 is 0 Å². The monoisotopic (exact) mass is 260 g/mol. The zero-order valence-electron chi connectivity index (χ0n) is 11.8. The number of likely N-dealkylation sites (tertiary alicyclic amines) is 1. The predicted octanol–water partition coefficient (Wildman–Crippen LogP) is 1.52. The molecule has 1 aromatic rings. The Morgan fingerprint density at radius 2 is 2.05 bits per heavy atom. The Labute approximate surface area is 115 Å². The van der Waals surface area contributed by atoms with Crippen LogP contribution in [0.4, 0.5) is 5.82 Å². The SMILES string of the molecule is Cc1ccc(CN)c(N2CCC(N3CCCC3)C2)n1. The molecular formula is C15H24N4. The second-order valence-electron chi connectivity index (χ2n) is 5.77. The molecule has 1 atom stereocenters. The Hall–Kier alpha value is -1.13. The molecule has 0 saturated carbocycles. The van der Waals surface area contributed by atoms with Crippen LogP contribution in [0.5, 0.6) is 0 Å². The number of nitrogens with zero attached hydrogens (tertiary/aromatic N) is 3. The first-order valence-electron chi connectivity index (χ1n) is 7.43. The van der Waals surface area contributed by atoms with Gasteiger partial charge in [-0.3, -0.25) is 4.90 Å². The fourth-order valence-corrected chi connectivity index (χ4v) is 3.34. The van der Waals surface area contributed by atoms with Gasteiger partial charge in [0.05, 0.1) is 0 Å². The van der Waals surface area contributed by atoms with Crippen LogP contribution < -0.4 is 10.6 Å². The maximum atomic E-state index is 5.85. The molecule has 4 heteroatoms. The lowest BCUT2D eigenvalue weighted by Crippen LogP contribution is -2.35. The first-order valence-corrected chi connectivity index (χ1v) is 7.43. The molecule has 3 rings (SSSR count). The zero-order valence-corrected chi connectivity index (χ0v) is 11.8. The molecule has 4 nitrogen and oxygen atoms in total. The van der Waals surface area contributed by atoms with Gasteiger partial charge in [-0.1, -0.05) is 6.07 Å². The van der Waals surface area contributed by atoms with Gasteiger partial charge in [0.25, 0.3) is 0 Å². The summed E-state index contributed by atoms with van der Waals surface area (Å²) in [5.41, 5.74) is 8.10. The maximum Gasteiger partial charge on any atom is 0.133 e. The van der Waals surface area contributed by atoms with E-state index < -0.39 is 0 Å². The number of hydrogen-bond donors (Lipinski definition) is 1. The van der Waals surface area contributed by atoms with E-state index in [1.54, 1.807) is 0 Å². The van der Waals surface area contributed by atoms with Gasteiger partial charge in [0.15, 0.2) is 0 Å². The normalized spacial score (nSPS) is 24.3. The molecule has 19 heavy (non-hydrogen) atoms. The Morgan fingerprint density at radius 1 is 1.26 bits per heavy atom. The number of nitrogens with two attached hydrogens (primary N) is 1. The van der Waals surface area contributed by atoms with Crippen molar-refractivity contribution in [1.29, 1.82) is 0 Å². The molecule has 2 aliphatic rings. The van der Waals surface area contributed by atoms with Crippen molar-refractivity contribution in [1.82, 2.24) is 9.88 Å². The first-order chi connectivity index (χ1) is 9.28. The van der Waals surface area contributed by atoms with E-state index in [0.29, 0.717) is 6.54 Å². The summed E-state index contributed by atoms with van der Waals surface area (Å²) in [6, 6.07) is 4.90. The summed E-state index contributed by atoms with van der Waals surface area (Å²) in [7, 11) is 0. The molecule has 0 aliphatic carbocycles. The lowest BCUT2D eigenvalue weighted by atomic mass is 10.2. The van der Waals surface area contributed by atoms with E-state index in [0.717, 1.165) is 30.6 Å². The van der Waals surface area contributed by atoms with Crippen LogP contribution in [-0.2, 0) is 6.54 Å². The Kier molecular flexibility index (Phi) is 3.71. The molecule has 0 aromatic carbocycles. The molecule has 2 aliphatic heterocycles. The number of pyridine rings is 1. The highest BCUT2D eigenvalue weighted by atomic mass is 15.3. The fourth-order valence-electron chi connectivity index (χ4n) is 3.34. The van der Waals surface area contributed by atoms with E-state index in [9.17, 15) is 0 Å². The molecule has 104 valence electrons. The van der Waals surface area contributed by atoms with E-state index in [2.05, 4.69) is 28.9 Å². The van der Waals surface area contributed by atoms with Crippen LogP contribution in [0.25, 0.3) is 0 Å². The van der Waals surface area contributed by atoms with Crippen molar-refractivity contribution >= 4 is 5.82 Å². The smallest absolute Gasteiger partial charge is 0.133 e. The molecule has 2 saturated heterocycles. The second kappa shape index (κ2) is 5.47. The summed E-state index contributed by atoms with van der Waals surface area (Å²) in [6.45, 7) is 7.42. The van der Waals surface area contributed by atoms with Crippen molar-refractivity contribution in [2.75, 3.05) is 31.1 Å². The van der Waals surface area contributed by atoms with Crippen LogP contribution in [0.1, 0.15) is 30.5 Å². The van der Waals surface area contributed by atoms with Crippen LogP contribution in [0.3, 0.4) is 0 Å². The number of aryl methyl sites for hydroxylation is 1. The van der Waals surface area contributed by atoms with Crippen LogP contribution in [-0.4, -0.2) is 42.1 Å². The summed E-state index contributed by atoms with van der Waals surface area (Å²) in [4.78, 5) is 9.79. The molecule has 2 N–H and O–H groups in total. The van der Waals surface area contributed by atoms with Crippen molar-refractivity contribution in [3.05, 3.63) is 23.4 Å². The van der Waals surface area contributed by atoms with Crippen LogP contribution in [0, 0.1) is 6.92 Å². The lowest BCUT2D eigenvalue weighted by Gasteiger charge is -2.25. The Morgan fingerprint density at radius 3 is 2.79 bits per heavy atom. The van der Waals surface area contributed by atoms with Gasteiger partial charge in [0.2, 0.25) is 0 Å². The average Bonchev–Trinajstić information content (AvgIpc) is 3.09. The van der Waals surface area contributed by atoms with Gasteiger partial charge >= 0.3 is 0 Å². The summed E-state index contributed by atoms with van der Waals surface area (Å²) in [5, 5.41) is 0. The van der Waals surface area contributed by atoms with Crippen LogP contribution in [0.2, 0.25) is 0 Å². The topological polar surface area (TPSA) is 45.4 Å². The van der Waals surface area contributed by atoms with Gasteiger partial charge in [-0.2, -0.15) is 0 Å². The minimum absolute atomic E-state index is 0.577. The van der Waals surface area contributed by atoms with E-state index in [4.69, 9.17) is 10.7 Å². The average molecular weight is 260 g/mol. The zero-order chi connectivity index (χ0) is 13.2. The second-order valence-corrected chi connectivity index (χ2v) is 5.77. The molecule has 0 radical (unpaired) electrons. The molecule has 3 heterocycles. The van der Waals surface area contributed by atoms with E-state index in [1.165, 1.54) is 37.9 Å². The van der Waals surface area contributed by atoms with Crippen molar-refractivity contribution in [3.63, 3.8) is 0 Å². The third kappa shape index (κ3) is 2.60. The molecular weight excluding hydrogens is 236 g/mol. The highest BCUT2D eigenvalue weighted by Crippen LogP contribution is 2.26. The molecule has 0 amide bonds. The van der Waals surface area contributed by atoms with Crippen molar-refractivity contribution in [3.8, 4) is 0 Å². The number of aromatic nitrogens is 1. The molecule has 1 aromatic heterocycles. The van der Waals surface area contributed by atoms with Crippen molar-refractivity contribution < 1.29 is 0 Å². The largest absolute Gasteiger partial charge is 0.355 e. The van der Waals surface area contributed by atoms with E-state index in [-0.39, 0.29) is 0 Å². The van der Waals surface area contributed by atoms with E-state index in [1.807, 2.05) is 0 Å². The third-order valence-electron chi connectivity index (χ3n) is 4.44. The molecule has 2 fully saturated rings. The first kappa shape index (κ1) is 12.9. The summed E-state index contributed by atoms with van der Waals surface area (Å²) < 4.78 is 0. The van der Waals surface area contributed by atoms with Gasteiger partial charge in [0, 0.05) is 36.9 Å². The third-order valence-corrected chi connectivity index (χ3v) is 4.44. The highest BCUT2D eigenvalue weighted by molar-refractivity contribution is 5.49. The molecule has 0 bridgehead atoms. The van der Waals surface area contributed by atoms with Crippen molar-refractivity contribution in [2.24, 2.45) is 5.73 Å². The minimum Gasteiger partial charge on any atom is -0.355 e. The molecule has 1 unspecified atom stereocenters. The lowest BCUT2D eigenvalue weighted by molar-refractivity contribution is 0.260. The highest BCUT2D eigenvalue weighted by Gasteiger charge is 2.30. The Balaban J connectivity index is 1.75. The number of hydrogen-bond acceptors (Lipinski definition) is 4. The minimum atomic E-state index is 0.577. The van der Waals surface area contributed by atoms with Gasteiger partial charge in [-0.15, -0.1) is 0 Å². The van der Waals surface area contributed by atoms with Crippen LogP contribution in [0.15, 0.2) is 12.1 Å². The predicted molar refractivity (Wildman–Crippen MR) is 78.3 cm³/mol. The van der Waals surface area contributed by atoms with Gasteiger partial charge in [-0.25, -0.2) is 4.98 Å².